The average Bonchev–Trinajstić information content (AvgIpc) is 2.60. The van der Waals surface area contributed by atoms with Gasteiger partial charge in [0.1, 0.15) is 0 Å². The summed E-state index contributed by atoms with van der Waals surface area (Å²) in [6.07, 6.45) is 3.50. The van der Waals surface area contributed by atoms with E-state index in [2.05, 4.69) is 4.98 Å². The first-order valence-electron chi connectivity index (χ1n) is 3.43. The largest absolute Gasteiger partial charge is 0.265 e. The second kappa shape index (κ2) is 5.75. The average molecular weight is 198 g/mol. The van der Waals surface area contributed by atoms with Crippen LogP contribution in [0.15, 0.2) is 48.1 Å². The predicted molar refractivity (Wildman–Crippen MR) is 53.6 cm³/mol. The van der Waals surface area contributed by atoms with Crippen molar-refractivity contribution in [2.75, 3.05) is 0 Å². The van der Waals surface area contributed by atoms with Gasteiger partial charge in [0, 0.05) is 12.4 Å². The molecule has 2 aromatic rings. The van der Waals surface area contributed by atoms with Gasteiger partial charge in [-0.1, -0.05) is 17.7 Å². The maximum atomic E-state index is 5.47. The molecule has 62 valence electrons. The van der Waals surface area contributed by atoms with Crippen molar-refractivity contribution >= 4 is 22.9 Å². The molecule has 0 aliphatic carbocycles. The third-order valence-corrected chi connectivity index (χ3v) is 2.10. The second-order valence-electron chi connectivity index (χ2n) is 1.94. The van der Waals surface area contributed by atoms with E-state index in [-0.39, 0.29) is 0 Å². The SMILES string of the molecule is Clc1cccs1.c1ccncc1. The molecule has 0 unspecified atom stereocenters. The zero-order valence-corrected chi connectivity index (χ0v) is 7.92. The van der Waals surface area contributed by atoms with Crippen LogP contribution in [0.2, 0.25) is 4.34 Å². The lowest BCUT2D eigenvalue weighted by atomic mass is 10.5. The number of nitrogens with zero attached hydrogens (tertiary/aromatic N) is 1. The Labute approximate surface area is 80.7 Å². The number of thiophene rings is 1. The van der Waals surface area contributed by atoms with E-state index in [1.807, 2.05) is 35.7 Å². The third kappa shape index (κ3) is 4.11. The van der Waals surface area contributed by atoms with Crippen molar-refractivity contribution in [2.45, 2.75) is 0 Å². The van der Waals surface area contributed by atoms with Gasteiger partial charge >= 0.3 is 0 Å². The highest BCUT2D eigenvalue weighted by Gasteiger charge is 1.77. The van der Waals surface area contributed by atoms with Gasteiger partial charge in [-0.05, 0) is 29.6 Å². The summed E-state index contributed by atoms with van der Waals surface area (Å²) in [6.45, 7) is 0. The molecule has 0 atom stereocenters. The molecule has 2 rings (SSSR count). The molecule has 0 saturated carbocycles. The quantitative estimate of drug-likeness (QED) is 0.630. The van der Waals surface area contributed by atoms with Crippen LogP contribution in [-0.2, 0) is 0 Å². The molecule has 0 fully saturated rings. The van der Waals surface area contributed by atoms with E-state index in [1.165, 1.54) is 0 Å². The van der Waals surface area contributed by atoms with E-state index >= 15 is 0 Å². The summed E-state index contributed by atoms with van der Waals surface area (Å²) < 4.78 is 0.856. The fraction of sp³-hybridized carbons (Fsp3) is 0. The summed E-state index contributed by atoms with van der Waals surface area (Å²) >= 11 is 7.02. The summed E-state index contributed by atoms with van der Waals surface area (Å²) in [7, 11) is 0. The lowest BCUT2D eigenvalue weighted by Crippen LogP contribution is -1.58. The Morgan fingerprint density at radius 3 is 2.00 bits per heavy atom. The van der Waals surface area contributed by atoms with Crippen LogP contribution in [0.5, 0.6) is 0 Å². The van der Waals surface area contributed by atoms with Gasteiger partial charge in [0.05, 0.1) is 4.34 Å². The molecule has 0 amide bonds. The summed E-state index contributed by atoms with van der Waals surface area (Å²) in [4.78, 5) is 3.78. The minimum absolute atomic E-state index is 0.856. The molecule has 12 heavy (non-hydrogen) atoms. The number of hydrogen-bond acceptors (Lipinski definition) is 2. The highest BCUT2D eigenvalue weighted by Crippen LogP contribution is 2.13. The Kier molecular flexibility index (Phi) is 4.42. The minimum Gasteiger partial charge on any atom is -0.265 e. The molecule has 2 aromatic heterocycles. The molecule has 0 radical (unpaired) electrons. The van der Waals surface area contributed by atoms with Gasteiger partial charge < -0.3 is 0 Å². The summed E-state index contributed by atoms with van der Waals surface area (Å²) in [5, 5.41) is 1.95. The van der Waals surface area contributed by atoms with Crippen molar-refractivity contribution in [1.82, 2.24) is 4.98 Å². The summed E-state index contributed by atoms with van der Waals surface area (Å²) in [5.74, 6) is 0. The molecule has 1 nitrogen and oxygen atoms in total. The van der Waals surface area contributed by atoms with Gasteiger partial charge in [-0.15, -0.1) is 11.3 Å². The van der Waals surface area contributed by atoms with Crippen LogP contribution in [0.25, 0.3) is 0 Å². The highest BCUT2D eigenvalue weighted by atomic mass is 35.5. The molecule has 0 N–H and O–H groups in total. The first kappa shape index (κ1) is 9.23. The highest BCUT2D eigenvalue weighted by molar-refractivity contribution is 7.14. The molecule has 0 spiro atoms. The number of aromatic nitrogens is 1. The predicted octanol–water partition coefficient (Wildman–Crippen LogP) is 3.48. The number of hydrogen-bond donors (Lipinski definition) is 0. The monoisotopic (exact) mass is 197 g/mol. The smallest absolute Gasteiger partial charge is 0.0928 e. The number of halogens is 1. The first-order chi connectivity index (χ1) is 5.89. The molecular formula is C9H8ClNS. The summed E-state index contributed by atoms with van der Waals surface area (Å²) in [5.41, 5.74) is 0. The van der Waals surface area contributed by atoms with Gasteiger partial charge in [0.25, 0.3) is 0 Å². The molecule has 0 aliphatic heterocycles. The Morgan fingerprint density at radius 2 is 1.83 bits per heavy atom. The molecule has 0 aliphatic rings. The van der Waals surface area contributed by atoms with Crippen LogP contribution in [0, 0.1) is 0 Å². The van der Waals surface area contributed by atoms with Crippen LogP contribution >= 0.6 is 22.9 Å². The van der Waals surface area contributed by atoms with E-state index in [9.17, 15) is 0 Å². The summed E-state index contributed by atoms with van der Waals surface area (Å²) in [6, 6.07) is 9.51. The third-order valence-electron chi connectivity index (χ3n) is 1.05. The number of pyridine rings is 1. The Bertz CT molecular complexity index is 254. The molecule has 2 heterocycles. The second-order valence-corrected chi connectivity index (χ2v) is 3.52. The van der Waals surface area contributed by atoms with Crippen LogP contribution in [0.4, 0.5) is 0 Å². The van der Waals surface area contributed by atoms with Gasteiger partial charge in [0.2, 0.25) is 0 Å². The molecule has 0 bridgehead atoms. The van der Waals surface area contributed by atoms with Crippen LogP contribution in [-0.4, -0.2) is 4.98 Å². The van der Waals surface area contributed by atoms with Crippen molar-refractivity contribution in [3.05, 3.63) is 52.4 Å². The molecule has 0 saturated heterocycles. The van der Waals surface area contributed by atoms with E-state index in [0.717, 1.165) is 4.34 Å². The molecule has 0 aromatic carbocycles. The van der Waals surface area contributed by atoms with Gasteiger partial charge in [0.15, 0.2) is 0 Å². The normalized spacial score (nSPS) is 8.42. The van der Waals surface area contributed by atoms with Crippen LogP contribution in [0.1, 0.15) is 0 Å². The number of rotatable bonds is 0. The van der Waals surface area contributed by atoms with Crippen molar-refractivity contribution < 1.29 is 0 Å². The van der Waals surface area contributed by atoms with E-state index < -0.39 is 0 Å². The molecule has 3 heteroatoms. The topological polar surface area (TPSA) is 12.9 Å². The van der Waals surface area contributed by atoms with Crippen molar-refractivity contribution in [1.29, 1.82) is 0 Å². The van der Waals surface area contributed by atoms with Gasteiger partial charge in [-0.3, -0.25) is 4.98 Å². The Balaban J connectivity index is 0.000000120. The fourth-order valence-corrected chi connectivity index (χ4v) is 1.24. The van der Waals surface area contributed by atoms with E-state index in [4.69, 9.17) is 11.6 Å². The standard InChI is InChI=1S/C5H5N.C4H3ClS/c1-2-4-6-5-3-1;5-4-2-1-3-6-4/h1-5H;1-3H. The Hall–Kier alpha value is -0.860. The molecular weight excluding hydrogens is 190 g/mol. The maximum Gasteiger partial charge on any atom is 0.0928 e. The lowest BCUT2D eigenvalue weighted by Gasteiger charge is -1.70. The van der Waals surface area contributed by atoms with Crippen LogP contribution in [0.3, 0.4) is 0 Å². The Morgan fingerprint density at radius 1 is 1.08 bits per heavy atom. The van der Waals surface area contributed by atoms with Crippen LogP contribution < -0.4 is 0 Å². The zero-order valence-electron chi connectivity index (χ0n) is 6.35. The van der Waals surface area contributed by atoms with Crippen molar-refractivity contribution in [2.24, 2.45) is 0 Å². The van der Waals surface area contributed by atoms with Crippen molar-refractivity contribution in [3.8, 4) is 0 Å². The lowest BCUT2D eigenvalue weighted by molar-refractivity contribution is 1.33. The maximum absolute atomic E-state index is 5.47. The van der Waals surface area contributed by atoms with Crippen molar-refractivity contribution in [3.63, 3.8) is 0 Å². The van der Waals surface area contributed by atoms with E-state index in [0.29, 0.717) is 0 Å². The first-order valence-corrected chi connectivity index (χ1v) is 4.69. The fourth-order valence-electron chi connectivity index (χ4n) is 0.571. The zero-order chi connectivity index (χ0) is 8.65. The van der Waals surface area contributed by atoms with E-state index in [1.54, 1.807) is 23.7 Å². The van der Waals surface area contributed by atoms with Gasteiger partial charge in [-0.2, -0.15) is 0 Å². The minimum atomic E-state index is 0.856. The van der Waals surface area contributed by atoms with Gasteiger partial charge in [-0.25, -0.2) is 0 Å².